The van der Waals surface area contributed by atoms with Crippen LogP contribution in [0.25, 0.3) is 0 Å². The number of hydrogen-bond donors (Lipinski definition) is 0. The molecular formula is C15H26N2. The van der Waals surface area contributed by atoms with Crippen LogP contribution >= 0.6 is 0 Å². The largest absolute Gasteiger partial charge is 0.306 e. The van der Waals surface area contributed by atoms with Crippen LogP contribution in [0.2, 0.25) is 0 Å². The third kappa shape index (κ3) is 7.14. The average molecular weight is 234 g/mol. The van der Waals surface area contributed by atoms with Crippen molar-refractivity contribution in [2.75, 3.05) is 34.2 Å². The van der Waals surface area contributed by atoms with E-state index in [0.717, 1.165) is 6.54 Å². The van der Waals surface area contributed by atoms with Gasteiger partial charge in [-0.1, -0.05) is 36.8 Å². The topological polar surface area (TPSA) is 6.48 Å². The zero-order chi connectivity index (χ0) is 12.5. The molecule has 1 heterocycles. The van der Waals surface area contributed by atoms with E-state index in [1.807, 2.05) is 6.07 Å². The Kier molecular flexibility index (Phi) is 6.90. The van der Waals surface area contributed by atoms with Gasteiger partial charge in [-0.25, -0.2) is 0 Å². The van der Waals surface area contributed by atoms with Gasteiger partial charge in [0.05, 0.1) is 0 Å². The number of hydrogen-bond acceptors (Lipinski definition) is 2. The van der Waals surface area contributed by atoms with Gasteiger partial charge in [0.25, 0.3) is 0 Å². The zero-order valence-corrected chi connectivity index (χ0v) is 11.5. The first kappa shape index (κ1) is 14.2. The highest BCUT2D eigenvalue weighted by Gasteiger charge is 2.02. The highest BCUT2D eigenvalue weighted by molar-refractivity contribution is 5.14. The molecular weight excluding hydrogens is 208 g/mol. The molecule has 0 bridgehead atoms. The number of rotatable bonds is 2. The first-order valence-corrected chi connectivity index (χ1v) is 6.55. The summed E-state index contributed by atoms with van der Waals surface area (Å²) in [4.78, 5) is 4.55. The van der Waals surface area contributed by atoms with Crippen molar-refractivity contribution in [3.63, 3.8) is 0 Å². The van der Waals surface area contributed by atoms with Gasteiger partial charge in [0.1, 0.15) is 0 Å². The maximum atomic E-state index is 2.39. The summed E-state index contributed by atoms with van der Waals surface area (Å²) in [5, 5.41) is 0. The Bertz CT molecular complexity index is 276. The molecule has 1 saturated heterocycles. The van der Waals surface area contributed by atoms with E-state index < -0.39 is 0 Å². The van der Waals surface area contributed by atoms with Crippen LogP contribution in [-0.2, 0) is 6.54 Å². The third-order valence-corrected chi connectivity index (χ3v) is 2.92. The van der Waals surface area contributed by atoms with Gasteiger partial charge < -0.3 is 9.80 Å². The number of likely N-dealkylation sites (tertiary alicyclic amines) is 1. The van der Waals surface area contributed by atoms with Gasteiger partial charge in [0.15, 0.2) is 0 Å². The lowest BCUT2D eigenvalue weighted by Gasteiger charge is -2.20. The number of piperidine rings is 1. The van der Waals surface area contributed by atoms with Gasteiger partial charge in [0.2, 0.25) is 0 Å². The molecule has 0 aromatic heterocycles. The number of benzene rings is 1. The van der Waals surface area contributed by atoms with Crippen LogP contribution in [0.15, 0.2) is 30.3 Å². The highest BCUT2D eigenvalue weighted by Crippen LogP contribution is 2.04. The predicted molar refractivity (Wildman–Crippen MR) is 75.2 cm³/mol. The summed E-state index contributed by atoms with van der Waals surface area (Å²) in [6.07, 6.45) is 4.28. The van der Waals surface area contributed by atoms with E-state index in [4.69, 9.17) is 0 Å². The molecule has 2 rings (SSSR count). The van der Waals surface area contributed by atoms with Gasteiger partial charge in [-0.05, 0) is 52.6 Å². The molecule has 96 valence electrons. The van der Waals surface area contributed by atoms with Crippen molar-refractivity contribution in [1.29, 1.82) is 0 Å². The van der Waals surface area contributed by atoms with E-state index in [-0.39, 0.29) is 0 Å². The number of nitrogens with zero attached hydrogens (tertiary/aromatic N) is 2. The third-order valence-electron chi connectivity index (χ3n) is 2.92. The Labute approximate surface area is 106 Å². The van der Waals surface area contributed by atoms with Crippen LogP contribution < -0.4 is 0 Å². The fraction of sp³-hybridized carbons (Fsp3) is 0.600. The van der Waals surface area contributed by atoms with Crippen molar-refractivity contribution >= 4 is 0 Å². The van der Waals surface area contributed by atoms with Crippen LogP contribution in [0.5, 0.6) is 0 Å². The second kappa shape index (κ2) is 8.26. The first-order chi connectivity index (χ1) is 8.18. The Morgan fingerprint density at radius 2 is 1.59 bits per heavy atom. The van der Waals surface area contributed by atoms with E-state index in [9.17, 15) is 0 Å². The first-order valence-electron chi connectivity index (χ1n) is 6.55. The fourth-order valence-corrected chi connectivity index (χ4v) is 2.00. The smallest absolute Gasteiger partial charge is 0.0227 e. The second-order valence-corrected chi connectivity index (χ2v) is 5.09. The normalized spacial score (nSPS) is 16.5. The zero-order valence-electron chi connectivity index (χ0n) is 11.5. The molecule has 0 unspecified atom stereocenters. The minimum Gasteiger partial charge on any atom is -0.306 e. The molecule has 0 N–H and O–H groups in total. The summed E-state index contributed by atoms with van der Waals surface area (Å²) in [7, 11) is 6.35. The lowest BCUT2D eigenvalue weighted by molar-refractivity contribution is 0.277. The Morgan fingerprint density at radius 1 is 1.00 bits per heavy atom. The minimum absolute atomic E-state index is 1.03. The van der Waals surface area contributed by atoms with E-state index in [1.165, 1.54) is 37.9 Å². The van der Waals surface area contributed by atoms with Crippen molar-refractivity contribution < 1.29 is 0 Å². The minimum atomic E-state index is 1.03. The standard InChI is InChI=1S/C9H13N.C6H13N/c1-10(2)8-9-6-4-3-5-7-9;1-7-5-3-2-4-6-7/h3-7H,8H2,1-2H3;2-6H2,1H3. The van der Waals surface area contributed by atoms with E-state index in [2.05, 4.69) is 55.2 Å². The molecule has 1 aromatic rings. The Balaban J connectivity index is 0.000000181. The molecule has 1 aliphatic heterocycles. The Hall–Kier alpha value is -0.860. The summed E-state index contributed by atoms with van der Waals surface area (Å²) < 4.78 is 0. The van der Waals surface area contributed by atoms with Crippen molar-refractivity contribution in [1.82, 2.24) is 9.80 Å². The second-order valence-electron chi connectivity index (χ2n) is 5.09. The van der Waals surface area contributed by atoms with Gasteiger partial charge in [-0.3, -0.25) is 0 Å². The van der Waals surface area contributed by atoms with E-state index in [0.29, 0.717) is 0 Å². The van der Waals surface area contributed by atoms with Gasteiger partial charge in [-0.15, -0.1) is 0 Å². The molecule has 0 radical (unpaired) electrons. The van der Waals surface area contributed by atoms with Crippen LogP contribution in [0, 0.1) is 0 Å². The van der Waals surface area contributed by atoms with Crippen LogP contribution in [0.3, 0.4) is 0 Å². The summed E-state index contributed by atoms with van der Waals surface area (Å²) in [6, 6.07) is 10.5. The molecule has 1 aliphatic rings. The van der Waals surface area contributed by atoms with Crippen LogP contribution in [0.4, 0.5) is 0 Å². The quantitative estimate of drug-likeness (QED) is 0.776. The maximum Gasteiger partial charge on any atom is 0.0227 e. The van der Waals surface area contributed by atoms with Crippen molar-refractivity contribution in [2.24, 2.45) is 0 Å². The van der Waals surface area contributed by atoms with E-state index in [1.54, 1.807) is 0 Å². The molecule has 1 aromatic carbocycles. The molecule has 0 aliphatic carbocycles. The summed E-state index contributed by atoms with van der Waals surface area (Å²) >= 11 is 0. The monoisotopic (exact) mass is 234 g/mol. The van der Waals surface area contributed by atoms with Crippen LogP contribution in [-0.4, -0.2) is 44.0 Å². The van der Waals surface area contributed by atoms with Gasteiger partial charge >= 0.3 is 0 Å². The molecule has 1 fully saturated rings. The fourth-order valence-electron chi connectivity index (χ4n) is 2.00. The SMILES string of the molecule is CN(C)Cc1ccccc1.CN1CCCCC1. The van der Waals surface area contributed by atoms with Crippen molar-refractivity contribution in [3.8, 4) is 0 Å². The molecule has 2 heteroatoms. The van der Waals surface area contributed by atoms with Crippen molar-refractivity contribution in [2.45, 2.75) is 25.8 Å². The van der Waals surface area contributed by atoms with Crippen molar-refractivity contribution in [3.05, 3.63) is 35.9 Å². The Morgan fingerprint density at radius 3 is 2.00 bits per heavy atom. The predicted octanol–water partition coefficient (Wildman–Crippen LogP) is 2.85. The molecule has 2 nitrogen and oxygen atoms in total. The summed E-state index contributed by atoms with van der Waals surface area (Å²) in [5.74, 6) is 0. The lowest BCUT2D eigenvalue weighted by atomic mass is 10.1. The highest BCUT2D eigenvalue weighted by atomic mass is 15.1. The molecule has 0 saturated carbocycles. The molecule has 0 amide bonds. The summed E-state index contributed by atoms with van der Waals surface area (Å²) in [5.41, 5.74) is 1.37. The summed E-state index contributed by atoms with van der Waals surface area (Å²) in [6.45, 7) is 3.67. The lowest BCUT2D eigenvalue weighted by Crippen LogP contribution is -2.24. The molecule has 0 atom stereocenters. The average Bonchev–Trinajstić information content (AvgIpc) is 2.31. The molecule has 17 heavy (non-hydrogen) atoms. The molecule has 0 spiro atoms. The van der Waals surface area contributed by atoms with E-state index >= 15 is 0 Å². The van der Waals surface area contributed by atoms with Gasteiger partial charge in [-0.2, -0.15) is 0 Å². The maximum absolute atomic E-state index is 2.39. The van der Waals surface area contributed by atoms with Crippen LogP contribution in [0.1, 0.15) is 24.8 Å². The van der Waals surface area contributed by atoms with Gasteiger partial charge in [0, 0.05) is 6.54 Å².